The van der Waals surface area contributed by atoms with Gasteiger partial charge in [0.2, 0.25) is 0 Å². The van der Waals surface area contributed by atoms with Crippen LogP contribution in [-0.2, 0) is 4.79 Å². The van der Waals surface area contributed by atoms with Crippen LogP contribution >= 0.6 is 11.6 Å². The first-order valence-corrected chi connectivity index (χ1v) is 4.64. The van der Waals surface area contributed by atoms with E-state index in [1.807, 2.05) is 0 Å². The van der Waals surface area contributed by atoms with E-state index in [0.29, 0.717) is 6.42 Å². The molecule has 0 aliphatic rings. The first kappa shape index (κ1) is 11.5. The molecule has 12 heavy (non-hydrogen) atoms. The maximum absolute atomic E-state index is 10.3. The van der Waals surface area contributed by atoms with Crippen molar-refractivity contribution >= 4 is 17.6 Å². The second kappa shape index (κ2) is 7.17. The fourth-order valence-electron chi connectivity index (χ4n) is 0.823. The Labute approximate surface area is 78.2 Å². The highest BCUT2D eigenvalue weighted by Gasteiger charge is 2.11. The average molecular weight is 191 g/mol. The highest BCUT2D eigenvalue weighted by molar-refractivity contribution is 6.29. The van der Waals surface area contributed by atoms with Gasteiger partial charge in [-0.3, -0.25) is 4.79 Å². The van der Waals surface area contributed by atoms with Gasteiger partial charge in [0.25, 0.3) is 0 Å². The van der Waals surface area contributed by atoms with Crippen molar-refractivity contribution in [1.82, 2.24) is 0 Å². The molecule has 0 aliphatic heterocycles. The summed E-state index contributed by atoms with van der Waals surface area (Å²) in [6.45, 7) is 2.07. The van der Waals surface area contributed by atoms with Crippen LogP contribution in [0.1, 0.15) is 32.6 Å². The number of carboxylic acid groups (broad SMARTS) is 1. The fourth-order valence-corrected chi connectivity index (χ4v) is 0.977. The van der Waals surface area contributed by atoms with Crippen LogP contribution in [0.2, 0.25) is 0 Å². The van der Waals surface area contributed by atoms with Gasteiger partial charge in [-0.05, 0) is 25.7 Å². The maximum atomic E-state index is 10.3. The van der Waals surface area contributed by atoms with Gasteiger partial charge in [0.1, 0.15) is 5.38 Å². The summed E-state index contributed by atoms with van der Waals surface area (Å²) in [7, 11) is 0. The van der Waals surface area contributed by atoms with Gasteiger partial charge in [0.05, 0.1) is 0 Å². The molecule has 0 aromatic carbocycles. The Morgan fingerprint density at radius 1 is 1.58 bits per heavy atom. The first-order valence-electron chi connectivity index (χ1n) is 4.20. The van der Waals surface area contributed by atoms with E-state index < -0.39 is 11.3 Å². The third-order valence-electron chi connectivity index (χ3n) is 1.50. The highest BCUT2D eigenvalue weighted by Crippen LogP contribution is 2.08. The summed E-state index contributed by atoms with van der Waals surface area (Å²) in [4.78, 5) is 10.3. The molecule has 1 atom stereocenters. The molecule has 0 heterocycles. The molecule has 1 N–H and O–H groups in total. The number of allylic oxidation sites excluding steroid dienone is 2. The topological polar surface area (TPSA) is 37.3 Å². The van der Waals surface area contributed by atoms with Crippen molar-refractivity contribution in [3.8, 4) is 0 Å². The van der Waals surface area contributed by atoms with Crippen LogP contribution in [0, 0.1) is 0 Å². The molecule has 0 amide bonds. The zero-order chi connectivity index (χ0) is 9.40. The molecule has 0 aromatic rings. The Morgan fingerprint density at radius 3 is 2.75 bits per heavy atom. The Balaban J connectivity index is 3.31. The predicted molar refractivity (Wildman–Crippen MR) is 50.6 cm³/mol. The van der Waals surface area contributed by atoms with Gasteiger partial charge in [-0.1, -0.05) is 19.1 Å². The van der Waals surface area contributed by atoms with Gasteiger partial charge in [-0.15, -0.1) is 11.6 Å². The second-order valence-corrected chi connectivity index (χ2v) is 3.14. The number of aliphatic carboxylic acids is 1. The smallest absolute Gasteiger partial charge is 0.321 e. The molecule has 1 unspecified atom stereocenters. The standard InChI is InChI=1S/C9H15ClO2/c1-2-3-4-5-6-7-8(10)9(11)12/h3-4,8H,2,5-7H2,1H3,(H,11,12). The number of unbranched alkanes of at least 4 members (excludes halogenated alkanes) is 1. The minimum atomic E-state index is -0.920. The van der Waals surface area contributed by atoms with Crippen molar-refractivity contribution in [2.24, 2.45) is 0 Å². The Morgan fingerprint density at radius 2 is 2.25 bits per heavy atom. The number of carbonyl (C=O) groups is 1. The monoisotopic (exact) mass is 190 g/mol. The summed E-state index contributed by atoms with van der Waals surface area (Å²) >= 11 is 5.50. The van der Waals surface area contributed by atoms with E-state index in [1.54, 1.807) is 0 Å². The van der Waals surface area contributed by atoms with Gasteiger partial charge < -0.3 is 5.11 Å². The minimum absolute atomic E-state index is 0.547. The van der Waals surface area contributed by atoms with E-state index in [0.717, 1.165) is 19.3 Å². The lowest BCUT2D eigenvalue weighted by Gasteiger charge is -2.00. The Hall–Kier alpha value is -0.500. The molecule has 3 heteroatoms. The Kier molecular flexibility index (Phi) is 6.87. The zero-order valence-corrected chi connectivity index (χ0v) is 8.05. The molecule has 0 saturated carbocycles. The molecule has 0 fully saturated rings. The molecule has 0 rings (SSSR count). The second-order valence-electron chi connectivity index (χ2n) is 2.62. The van der Waals surface area contributed by atoms with E-state index in [9.17, 15) is 4.79 Å². The lowest BCUT2D eigenvalue weighted by molar-refractivity contribution is -0.136. The van der Waals surface area contributed by atoms with Crippen molar-refractivity contribution in [2.45, 2.75) is 38.0 Å². The summed E-state index contributed by atoms with van der Waals surface area (Å²) in [6.07, 6.45) is 7.48. The molecular weight excluding hydrogens is 176 g/mol. The molecule has 0 radical (unpaired) electrons. The van der Waals surface area contributed by atoms with Crippen molar-refractivity contribution in [3.63, 3.8) is 0 Å². The van der Waals surface area contributed by atoms with Crippen LogP contribution in [0.5, 0.6) is 0 Å². The van der Waals surface area contributed by atoms with E-state index in [4.69, 9.17) is 16.7 Å². The summed E-state index contributed by atoms with van der Waals surface area (Å²) in [5.41, 5.74) is 0. The van der Waals surface area contributed by atoms with Gasteiger partial charge in [-0.2, -0.15) is 0 Å². The molecule has 0 spiro atoms. The lowest BCUT2D eigenvalue weighted by Crippen LogP contribution is -2.12. The zero-order valence-electron chi connectivity index (χ0n) is 7.29. The number of halogens is 1. The van der Waals surface area contributed by atoms with Gasteiger partial charge in [0, 0.05) is 0 Å². The number of hydrogen-bond donors (Lipinski definition) is 1. The molecule has 2 nitrogen and oxygen atoms in total. The molecular formula is C9H15ClO2. The summed E-state index contributed by atoms with van der Waals surface area (Å²) in [5, 5.41) is 7.71. The van der Waals surface area contributed by atoms with Crippen LogP contribution in [0.4, 0.5) is 0 Å². The maximum Gasteiger partial charge on any atom is 0.321 e. The fraction of sp³-hybridized carbons (Fsp3) is 0.667. The summed E-state index contributed by atoms with van der Waals surface area (Å²) < 4.78 is 0. The van der Waals surface area contributed by atoms with Crippen molar-refractivity contribution < 1.29 is 9.90 Å². The SMILES string of the molecule is CCC=CCCCC(Cl)C(=O)O. The molecule has 0 aromatic heterocycles. The van der Waals surface area contributed by atoms with Crippen molar-refractivity contribution in [2.75, 3.05) is 0 Å². The number of carboxylic acids is 1. The van der Waals surface area contributed by atoms with Gasteiger partial charge in [0.15, 0.2) is 0 Å². The largest absolute Gasteiger partial charge is 0.480 e. The Bertz CT molecular complexity index is 155. The molecule has 0 aliphatic carbocycles. The third kappa shape index (κ3) is 6.23. The first-order chi connectivity index (χ1) is 5.68. The number of hydrogen-bond acceptors (Lipinski definition) is 1. The third-order valence-corrected chi connectivity index (χ3v) is 1.90. The van der Waals surface area contributed by atoms with Crippen LogP contribution < -0.4 is 0 Å². The quantitative estimate of drug-likeness (QED) is 0.397. The van der Waals surface area contributed by atoms with Crippen molar-refractivity contribution in [3.05, 3.63) is 12.2 Å². The number of alkyl halides is 1. The van der Waals surface area contributed by atoms with Crippen LogP contribution in [-0.4, -0.2) is 16.5 Å². The van der Waals surface area contributed by atoms with Gasteiger partial charge >= 0.3 is 5.97 Å². The molecule has 0 saturated heterocycles. The van der Waals surface area contributed by atoms with E-state index in [-0.39, 0.29) is 0 Å². The normalized spacial score (nSPS) is 13.5. The molecule has 0 bridgehead atoms. The lowest BCUT2D eigenvalue weighted by atomic mass is 10.2. The van der Waals surface area contributed by atoms with E-state index in [1.165, 1.54) is 0 Å². The van der Waals surface area contributed by atoms with Crippen LogP contribution in [0.3, 0.4) is 0 Å². The highest BCUT2D eigenvalue weighted by atomic mass is 35.5. The summed E-state index contributed by atoms with van der Waals surface area (Å²) in [6, 6.07) is 0. The number of rotatable bonds is 6. The molecule has 70 valence electrons. The van der Waals surface area contributed by atoms with Crippen LogP contribution in [0.25, 0.3) is 0 Å². The predicted octanol–water partition coefficient (Wildman–Crippen LogP) is 2.81. The van der Waals surface area contributed by atoms with E-state index >= 15 is 0 Å². The average Bonchev–Trinajstić information content (AvgIpc) is 2.03. The summed E-state index contributed by atoms with van der Waals surface area (Å²) in [5.74, 6) is -0.920. The van der Waals surface area contributed by atoms with Crippen LogP contribution in [0.15, 0.2) is 12.2 Å². The van der Waals surface area contributed by atoms with E-state index in [2.05, 4.69) is 19.1 Å². The minimum Gasteiger partial charge on any atom is -0.480 e. The van der Waals surface area contributed by atoms with Gasteiger partial charge in [-0.25, -0.2) is 0 Å². The van der Waals surface area contributed by atoms with Crippen molar-refractivity contribution in [1.29, 1.82) is 0 Å².